The van der Waals surface area contributed by atoms with Gasteiger partial charge in [-0.05, 0) is 25.2 Å². The van der Waals surface area contributed by atoms with Gasteiger partial charge in [0.2, 0.25) is 0 Å². The third kappa shape index (κ3) is 2.31. The molecule has 2 rings (SSSR count). The van der Waals surface area contributed by atoms with Crippen LogP contribution in [0.2, 0.25) is 0 Å². The monoisotopic (exact) mass is 204 g/mol. The van der Waals surface area contributed by atoms with Crippen LogP contribution in [-0.4, -0.2) is 9.55 Å². The molecule has 2 heterocycles. The van der Waals surface area contributed by atoms with E-state index in [-0.39, 0.29) is 0 Å². The highest BCUT2D eigenvalue weighted by Gasteiger charge is 2.13. The molecule has 0 spiro atoms. The Morgan fingerprint density at radius 3 is 2.87 bits per heavy atom. The van der Waals surface area contributed by atoms with Gasteiger partial charge in [0.05, 0.1) is 5.69 Å². The molecule has 0 radical (unpaired) electrons. The largest absolute Gasteiger partial charge is 0.310 e. The second-order valence-corrected chi connectivity index (χ2v) is 4.79. The summed E-state index contributed by atoms with van der Waals surface area (Å²) < 4.78 is 2.22. The zero-order valence-corrected chi connectivity index (χ0v) is 9.95. The Morgan fingerprint density at radius 2 is 2.20 bits per heavy atom. The molecule has 0 atom stereocenters. The smallest absolute Gasteiger partial charge is 0.113 e. The van der Waals surface area contributed by atoms with Crippen molar-refractivity contribution in [1.29, 1.82) is 0 Å². The molecule has 1 aliphatic heterocycles. The van der Waals surface area contributed by atoms with Crippen molar-refractivity contribution in [2.75, 3.05) is 0 Å². The van der Waals surface area contributed by atoms with Gasteiger partial charge in [0, 0.05) is 18.8 Å². The lowest BCUT2D eigenvalue weighted by atomic mass is 9.98. The van der Waals surface area contributed by atoms with Crippen LogP contribution in [0.5, 0.6) is 0 Å². The summed E-state index contributed by atoms with van der Waals surface area (Å²) in [5.74, 6) is 1.99. The predicted molar refractivity (Wildman–Crippen MR) is 63.7 cm³/mol. The Bertz CT molecular complexity index is 372. The normalized spacial score (nSPS) is 15.3. The molecule has 0 N–H and O–H groups in total. The number of aryl methyl sites for hydroxylation is 2. The van der Waals surface area contributed by atoms with Crippen LogP contribution in [0.15, 0.2) is 11.8 Å². The summed E-state index contributed by atoms with van der Waals surface area (Å²) in [6, 6.07) is 0. The molecule has 1 aromatic rings. The van der Waals surface area contributed by atoms with Gasteiger partial charge in [-0.2, -0.15) is 0 Å². The Hall–Kier alpha value is -1.05. The fraction of sp³-hybridized carbons (Fsp3) is 0.615. The van der Waals surface area contributed by atoms with Crippen molar-refractivity contribution in [2.24, 2.45) is 5.92 Å². The van der Waals surface area contributed by atoms with Gasteiger partial charge < -0.3 is 4.57 Å². The van der Waals surface area contributed by atoms with Crippen molar-refractivity contribution in [2.45, 2.75) is 46.5 Å². The van der Waals surface area contributed by atoms with Crippen LogP contribution in [0, 0.1) is 5.92 Å². The lowest BCUT2D eigenvalue weighted by molar-refractivity contribution is 0.614. The van der Waals surface area contributed by atoms with Crippen molar-refractivity contribution < 1.29 is 0 Å². The minimum absolute atomic E-state index is 0.756. The van der Waals surface area contributed by atoms with E-state index in [1.165, 1.54) is 24.4 Å². The SMILES string of the molecule is CCc1cn2c(n1)CCC(CC(C)C)=C2. The molecule has 0 amide bonds. The zero-order valence-electron chi connectivity index (χ0n) is 9.95. The number of rotatable bonds is 3. The molecular formula is C13H20N2. The zero-order chi connectivity index (χ0) is 10.8. The minimum atomic E-state index is 0.756. The standard InChI is InChI=1S/C13H20N2/c1-4-12-9-15-8-11(7-10(2)3)5-6-13(15)14-12/h8-10H,4-7H2,1-3H3. The van der Waals surface area contributed by atoms with Gasteiger partial charge in [0.25, 0.3) is 0 Å². The first-order valence-corrected chi connectivity index (χ1v) is 5.95. The Labute approximate surface area is 92.0 Å². The number of nitrogens with zero attached hydrogens (tertiary/aromatic N) is 2. The number of hydrogen-bond acceptors (Lipinski definition) is 1. The quantitative estimate of drug-likeness (QED) is 0.738. The predicted octanol–water partition coefficient (Wildman–Crippen LogP) is 3.28. The molecule has 15 heavy (non-hydrogen) atoms. The summed E-state index contributed by atoms with van der Waals surface area (Å²) in [5, 5.41) is 0. The van der Waals surface area contributed by atoms with E-state index >= 15 is 0 Å². The summed E-state index contributed by atoms with van der Waals surface area (Å²) >= 11 is 0. The summed E-state index contributed by atoms with van der Waals surface area (Å²) in [6.07, 6.45) is 9.02. The van der Waals surface area contributed by atoms with E-state index in [2.05, 4.69) is 42.7 Å². The van der Waals surface area contributed by atoms with Gasteiger partial charge in [-0.15, -0.1) is 0 Å². The van der Waals surface area contributed by atoms with Crippen LogP contribution >= 0.6 is 0 Å². The Morgan fingerprint density at radius 1 is 1.40 bits per heavy atom. The Balaban J connectivity index is 2.20. The van der Waals surface area contributed by atoms with Crippen LogP contribution in [0.1, 0.15) is 45.1 Å². The number of allylic oxidation sites excluding steroid dienone is 1. The molecule has 2 heteroatoms. The van der Waals surface area contributed by atoms with Crippen molar-refractivity contribution in [1.82, 2.24) is 9.55 Å². The molecule has 2 nitrogen and oxygen atoms in total. The summed E-state index contributed by atoms with van der Waals surface area (Å²) in [4.78, 5) is 4.60. The first-order chi connectivity index (χ1) is 7.19. The average Bonchev–Trinajstić information content (AvgIpc) is 2.58. The Kier molecular flexibility index (Phi) is 2.94. The molecule has 0 saturated carbocycles. The van der Waals surface area contributed by atoms with Crippen LogP contribution in [0.3, 0.4) is 0 Å². The molecule has 0 aliphatic carbocycles. The van der Waals surface area contributed by atoms with Crippen molar-refractivity contribution in [3.8, 4) is 0 Å². The van der Waals surface area contributed by atoms with Crippen molar-refractivity contribution >= 4 is 6.20 Å². The second-order valence-electron chi connectivity index (χ2n) is 4.79. The molecule has 0 fully saturated rings. The van der Waals surface area contributed by atoms with E-state index in [9.17, 15) is 0 Å². The fourth-order valence-corrected chi connectivity index (χ4v) is 2.17. The van der Waals surface area contributed by atoms with Gasteiger partial charge in [0.15, 0.2) is 0 Å². The highest BCUT2D eigenvalue weighted by molar-refractivity contribution is 5.37. The molecule has 1 aliphatic rings. The number of imidazole rings is 1. The van der Waals surface area contributed by atoms with Crippen molar-refractivity contribution in [3.05, 3.63) is 23.3 Å². The number of hydrogen-bond donors (Lipinski definition) is 0. The van der Waals surface area contributed by atoms with Crippen LogP contribution in [0.4, 0.5) is 0 Å². The van der Waals surface area contributed by atoms with Crippen LogP contribution < -0.4 is 0 Å². The third-order valence-electron chi connectivity index (χ3n) is 2.88. The highest BCUT2D eigenvalue weighted by Crippen LogP contribution is 2.23. The summed E-state index contributed by atoms with van der Waals surface area (Å²) in [6.45, 7) is 6.72. The van der Waals surface area contributed by atoms with Gasteiger partial charge >= 0.3 is 0 Å². The maximum absolute atomic E-state index is 4.60. The first-order valence-electron chi connectivity index (χ1n) is 5.95. The lowest BCUT2D eigenvalue weighted by Crippen LogP contribution is -2.06. The van der Waals surface area contributed by atoms with Gasteiger partial charge in [-0.3, -0.25) is 0 Å². The first kappa shape index (κ1) is 10.5. The lowest BCUT2D eigenvalue weighted by Gasteiger charge is -2.15. The molecular weight excluding hydrogens is 184 g/mol. The summed E-state index contributed by atoms with van der Waals surface area (Å²) in [7, 11) is 0. The van der Waals surface area contributed by atoms with E-state index < -0.39 is 0 Å². The fourth-order valence-electron chi connectivity index (χ4n) is 2.17. The minimum Gasteiger partial charge on any atom is -0.310 e. The number of aromatic nitrogens is 2. The molecule has 0 aromatic carbocycles. The average molecular weight is 204 g/mol. The van der Waals surface area contributed by atoms with Crippen LogP contribution in [-0.2, 0) is 12.8 Å². The van der Waals surface area contributed by atoms with Gasteiger partial charge in [-0.25, -0.2) is 4.98 Å². The number of fused-ring (bicyclic) bond motifs is 1. The molecule has 0 unspecified atom stereocenters. The summed E-state index contributed by atoms with van der Waals surface area (Å²) in [5.41, 5.74) is 2.78. The van der Waals surface area contributed by atoms with E-state index in [0.717, 1.165) is 18.8 Å². The maximum atomic E-state index is 4.60. The molecule has 82 valence electrons. The third-order valence-corrected chi connectivity index (χ3v) is 2.88. The molecule has 0 bridgehead atoms. The van der Waals surface area contributed by atoms with Gasteiger partial charge in [0.1, 0.15) is 5.82 Å². The molecule has 1 aromatic heterocycles. The van der Waals surface area contributed by atoms with Gasteiger partial charge in [-0.1, -0.05) is 26.3 Å². The highest BCUT2D eigenvalue weighted by atomic mass is 15.1. The van der Waals surface area contributed by atoms with E-state index in [0.29, 0.717) is 0 Å². The van der Waals surface area contributed by atoms with E-state index in [1.807, 2.05) is 0 Å². The topological polar surface area (TPSA) is 17.8 Å². The maximum Gasteiger partial charge on any atom is 0.113 e. The van der Waals surface area contributed by atoms with E-state index in [1.54, 1.807) is 5.57 Å². The van der Waals surface area contributed by atoms with Crippen LogP contribution in [0.25, 0.3) is 6.20 Å². The van der Waals surface area contributed by atoms with Crippen molar-refractivity contribution in [3.63, 3.8) is 0 Å². The molecule has 0 saturated heterocycles. The second kappa shape index (κ2) is 4.21. The van der Waals surface area contributed by atoms with E-state index in [4.69, 9.17) is 0 Å².